The number of aliphatic imine (C=N–C) groups is 1. The van der Waals surface area contributed by atoms with E-state index in [1.807, 2.05) is 23.6 Å². The van der Waals surface area contributed by atoms with Crippen LogP contribution in [-0.2, 0) is 0 Å². The highest BCUT2D eigenvalue weighted by Gasteiger charge is 2.08. The monoisotopic (exact) mass is 369 g/mol. The number of hydrogen-bond donors (Lipinski definition) is 3. The standard InChI is InChI=1S/C15H11N7OS2/c23-14(19-15-22-17-8-25-15)18-9-3-4-10-11(6-9)20-21-12(10)7-16-13-2-1-5-24-13/h1-8H,(H,20,21)(H2,18,19,22,23)/b16-7+. The number of H-pyrrole nitrogens is 1. The van der Waals surface area contributed by atoms with Crippen LogP contribution in [0.1, 0.15) is 5.69 Å². The first-order chi connectivity index (χ1) is 12.3. The third kappa shape index (κ3) is 3.54. The lowest BCUT2D eigenvalue weighted by molar-refractivity contribution is 0.262. The van der Waals surface area contributed by atoms with Gasteiger partial charge >= 0.3 is 6.03 Å². The third-order valence-corrected chi connectivity index (χ3v) is 4.63. The summed E-state index contributed by atoms with van der Waals surface area (Å²) in [6, 6.07) is 8.99. The molecule has 0 bridgehead atoms. The van der Waals surface area contributed by atoms with Crippen LogP contribution in [0.3, 0.4) is 0 Å². The fourth-order valence-electron chi connectivity index (χ4n) is 2.17. The van der Waals surface area contributed by atoms with Gasteiger partial charge in [-0.1, -0.05) is 11.3 Å². The third-order valence-electron chi connectivity index (χ3n) is 3.25. The lowest BCUT2D eigenvalue weighted by Gasteiger charge is -2.04. The second-order valence-corrected chi connectivity index (χ2v) is 6.66. The molecule has 10 heteroatoms. The predicted octanol–water partition coefficient (Wildman–Crippen LogP) is 3.87. The molecule has 0 spiro atoms. The number of urea groups is 1. The number of amides is 2. The van der Waals surface area contributed by atoms with E-state index in [1.165, 1.54) is 11.3 Å². The number of nitrogens with zero attached hydrogens (tertiary/aromatic N) is 4. The number of fused-ring (bicyclic) bond motifs is 1. The highest BCUT2D eigenvalue weighted by atomic mass is 32.1. The first-order valence-corrected chi connectivity index (χ1v) is 8.94. The molecule has 0 aliphatic heterocycles. The summed E-state index contributed by atoms with van der Waals surface area (Å²) in [6.45, 7) is 0. The fraction of sp³-hybridized carbons (Fsp3) is 0. The SMILES string of the molecule is O=C(Nc1ccc2c(/C=N/c3cccs3)[nH]nc2c1)Nc1nncs1. The highest BCUT2D eigenvalue weighted by Crippen LogP contribution is 2.22. The normalized spacial score (nSPS) is 11.2. The maximum atomic E-state index is 11.9. The van der Waals surface area contributed by atoms with Gasteiger partial charge in [-0.05, 0) is 35.7 Å². The Balaban J connectivity index is 1.50. The average Bonchev–Trinajstić information content (AvgIpc) is 3.34. The lowest BCUT2D eigenvalue weighted by Crippen LogP contribution is -2.19. The van der Waals surface area contributed by atoms with Crippen molar-refractivity contribution < 1.29 is 4.79 Å². The van der Waals surface area contributed by atoms with Crippen molar-refractivity contribution in [2.75, 3.05) is 10.6 Å². The van der Waals surface area contributed by atoms with Crippen LogP contribution in [0, 0.1) is 0 Å². The molecule has 25 heavy (non-hydrogen) atoms. The quantitative estimate of drug-likeness (QED) is 0.475. The number of hydrogen-bond acceptors (Lipinski definition) is 7. The van der Waals surface area contributed by atoms with Gasteiger partial charge in [0, 0.05) is 11.1 Å². The Morgan fingerprint density at radius 1 is 1.24 bits per heavy atom. The molecule has 0 saturated carbocycles. The zero-order valence-corrected chi connectivity index (χ0v) is 14.3. The Morgan fingerprint density at radius 2 is 2.20 bits per heavy atom. The number of aromatic nitrogens is 4. The van der Waals surface area contributed by atoms with Gasteiger partial charge in [-0.2, -0.15) is 5.10 Å². The minimum Gasteiger partial charge on any atom is -0.308 e. The number of rotatable bonds is 4. The molecule has 3 heterocycles. The molecule has 0 aliphatic rings. The van der Waals surface area contributed by atoms with E-state index in [2.05, 4.69) is 36.0 Å². The van der Waals surface area contributed by atoms with Crippen molar-refractivity contribution in [1.29, 1.82) is 0 Å². The minimum atomic E-state index is -0.383. The first kappa shape index (κ1) is 15.4. The molecule has 0 unspecified atom stereocenters. The molecule has 1 aromatic carbocycles. The second kappa shape index (κ2) is 6.79. The molecule has 0 saturated heterocycles. The maximum absolute atomic E-state index is 11.9. The van der Waals surface area contributed by atoms with Crippen LogP contribution in [0.15, 0.2) is 46.2 Å². The van der Waals surface area contributed by atoms with Crippen molar-refractivity contribution in [3.05, 3.63) is 46.9 Å². The summed E-state index contributed by atoms with van der Waals surface area (Å²) in [7, 11) is 0. The summed E-state index contributed by atoms with van der Waals surface area (Å²) >= 11 is 2.81. The topological polar surface area (TPSA) is 108 Å². The van der Waals surface area contributed by atoms with E-state index in [1.54, 1.807) is 35.2 Å². The Labute approximate surface area is 149 Å². The van der Waals surface area contributed by atoms with Crippen LogP contribution in [0.2, 0.25) is 0 Å². The number of carbonyl (C=O) groups excluding carboxylic acids is 1. The van der Waals surface area contributed by atoms with E-state index >= 15 is 0 Å². The van der Waals surface area contributed by atoms with Gasteiger partial charge in [-0.25, -0.2) is 9.79 Å². The van der Waals surface area contributed by atoms with Crippen LogP contribution in [0.25, 0.3) is 10.9 Å². The molecule has 3 aromatic heterocycles. The van der Waals surface area contributed by atoms with Gasteiger partial charge in [-0.15, -0.1) is 21.5 Å². The molecular formula is C15H11N7OS2. The average molecular weight is 369 g/mol. The fourth-order valence-corrected chi connectivity index (χ4v) is 3.17. The zero-order valence-electron chi connectivity index (χ0n) is 12.6. The molecule has 4 aromatic rings. The van der Waals surface area contributed by atoms with Gasteiger partial charge in [0.05, 0.1) is 17.4 Å². The van der Waals surface area contributed by atoms with E-state index in [4.69, 9.17) is 0 Å². The van der Waals surface area contributed by atoms with Crippen LogP contribution in [-0.4, -0.2) is 32.6 Å². The van der Waals surface area contributed by atoms with Crippen molar-refractivity contribution >= 4 is 61.6 Å². The molecule has 2 amide bonds. The number of thiophene rings is 1. The summed E-state index contributed by atoms with van der Waals surface area (Å²) in [4.78, 5) is 16.3. The molecule has 8 nitrogen and oxygen atoms in total. The van der Waals surface area contributed by atoms with Gasteiger partial charge in [-0.3, -0.25) is 10.4 Å². The van der Waals surface area contributed by atoms with Crippen LogP contribution < -0.4 is 10.6 Å². The minimum absolute atomic E-state index is 0.383. The molecular weight excluding hydrogens is 358 g/mol. The van der Waals surface area contributed by atoms with Crippen molar-refractivity contribution in [2.45, 2.75) is 0 Å². The van der Waals surface area contributed by atoms with Gasteiger partial charge in [0.1, 0.15) is 10.5 Å². The molecule has 0 radical (unpaired) electrons. The summed E-state index contributed by atoms with van der Waals surface area (Å²) in [5.41, 5.74) is 3.72. The number of benzene rings is 1. The van der Waals surface area contributed by atoms with Crippen molar-refractivity contribution in [2.24, 2.45) is 4.99 Å². The smallest absolute Gasteiger partial charge is 0.308 e. The Kier molecular flexibility index (Phi) is 4.19. The summed E-state index contributed by atoms with van der Waals surface area (Å²) in [5, 5.41) is 24.2. The van der Waals surface area contributed by atoms with E-state index in [9.17, 15) is 4.79 Å². The molecule has 3 N–H and O–H groups in total. The summed E-state index contributed by atoms with van der Waals surface area (Å²) in [5.74, 6) is 0. The van der Waals surface area contributed by atoms with Gasteiger partial charge in [0.25, 0.3) is 0 Å². The molecule has 0 aliphatic carbocycles. The zero-order chi connectivity index (χ0) is 17.1. The van der Waals surface area contributed by atoms with E-state index in [0.717, 1.165) is 21.6 Å². The van der Waals surface area contributed by atoms with Gasteiger partial charge < -0.3 is 5.32 Å². The van der Waals surface area contributed by atoms with Crippen molar-refractivity contribution in [1.82, 2.24) is 20.4 Å². The summed E-state index contributed by atoms with van der Waals surface area (Å²) < 4.78 is 0. The Bertz CT molecular complexity index is 1020. The van der Waals surface area contributed by atoms with Crippen molar-refractivity contribution in [3.8, 4) is 0 Å². The second-order valence-electron chi connectivity index (χ2n) is 4.90. The molecule has 4 rings (SSSR count). The molecule has 0 fully saturated rings. The van der Waals surface area contributed by atoms with E-state index in [0.29, 0.717) is 10.8 Å². The molecule has 0 atom stereocenters. The lowest BCUT2D eigenvalue weighted by atomic mass is 10.2. The molecule has 124 valence electrons. The first-order valence-electron chi connectivity index (χ1n) is 7.18. The van der Waals surface area contributed by atoms with Crippen LogP contribution in [0.5, 0.6) is 0 Å². The Morgan fingerprint density at radius 3 is 3.00 bits per heavy atom. The van der Waals surface area contributed by atoms with Crippen LogP contribution in [0.4, 0.5) is 20.6 Å². The van der Waals surface area contributed by atoms with E-state index < -0.39 is 0 Å². The van der Waals surface area contributed by atoms with Gasteiger partial charge in [0.2, 0.25) is 5.13 Å². The predicted molar refractivity (Wildman–Crippen MR) is 100 cm³/mol. The van der Waals surface area contributed by atoms with E-state index in [-0.39, 0.29) is 6.03 Å². The summed E-state index contributed by atoms with van der Waals surface area (Å²) in [6.07, 6.45) is 1.75. The number of nitrogens with one attached hydrogen (secondary N) is 3. The number of aromatic amines is 1. The van der Waals surface area contributed by atoms with Crippen LogP contribution >= 0.6 is 22.7 Å². The number of anilines is 2. The number of carbonyl (C=O) groups is 1. The van der Waals surface area contributed by atoms with Gasteiger partial charge in [0.15, 0.2) is 0 Å². The maximum Gasteiger partial charge on any atom is 0.325 e. The Hall–Kier alpha value is -3.11. The largest absolute Gasteiger partial charge is 0.325 e. The highest BCUT2D eigenvalue weighted by molar-refractivity contribution is 7.14. The van der Waals surface area contributed by atoms with Crippen molar-refractivity contribution in [3.63, 3.8) is 0 Å².